The third kappa shape index (κ3) is 7.31. The smallest absolute Gasteiger partial charge is 0.264 e. The minimum Gasteiger partial charge on any atom is -0.493 e. The van der Waals surface area contributed by atoms with Crippen LogP contribution in [0.15, 0.2) is 36.4 Å². The van der Waals surface area contributed by atoms with E-state index >= 15 is 0 Å². The van der Waals surface area contributed by atoms with Gasteiger partial charge in [-0.1, -0.05) is 12.1 Å². The molecule has 298 valence electrons. The first-order valence-electron chi connectivity index (χ1n) is 16.8. The predicted octanol–water partition coefficient (Wildman–Crippen LogP) is -2.55. The first-order valence-corrected chi connectivity index (χ1v) is 18.9. The average molecular weight is 785 g/mol. The monoisotopic (exact) mass is 784 g/mol. The molecule has 20 heteroatoms. The molecule has 0 spiro atoms. The number of sulfone groups is 1. The number of methoxy groups -OCH3 is 1. The summed E-state index contributed by atoms with van der Waals surface area (Å²) in [6.07, 6.45) is -13.3. The Balaban J connectivity index is 1.57. The molecule has 3 aliphatic rings. The molecule has 10 atom stereocenters. The molecular weight excluding hydrogens is 740 g/mol. The predicted molar refractivity (Wildman–Crippen MR) is 183 cm³/mol. The van der Waals surface area contributed by atoms with Gasteiger partial charge < -0.3 is 59.4 Å². The molecule has 5 rings (SSSR count). The van der Waals surface area contributed by atoms with Crippen LogP contribution < -0.4 is 14.4 Å². The van der Waals surface area contributed by atoms with Gasteiger partial charge in [0.25, 0.3) is 11.8 Å². The van der Waals surface area contributed by atoms with Crippen LogP contribution in [0, 0.1) is 0 Å². The van der Waals surface area contributed by atoms with Gasteiger partial charge in [-0.3, -0.25) is 24.2 Å². The van der Waals surface area contributed by atoms with E-state index in [9.17, 15) is 58.5 Å². The van der Waals surface area contributed by atoms with Crippen molar-refractivity contribution in [3.8, 4) is 11.5 Å². The zero-order valence-electron chi connectivity index (χ0n) is 29.7. The molecule has 7 N–H and O–H groups in total. The number of hydrogen-bond acceptors (Lipinski definition) is 17. The summed E-state index contributed by atoms with van der Waals surface area (Å²) in [5, 5.41) is 73.5. The Morgan fingerprint density at radius 3 is 2.24 bits per heavy atom. The average Bonchev–Trinajstić information content (AvgIpc) is 3.55. The molecule has 2 aromatic rings. The second-order valence-electron chi connectivity index (χ2n) is 13.1. The number of amides is 3. The summed E-state index contributed by atoms with van der Waals surface area (Å²) >= 11 is 0. The van der Waals surface area contributed by atoms with Gasteiger partial charge in [0, 0.05) is 13.2 Å². The molecule has 3 heterocycles. The van der Waals surface area contributed by atoms with Crippen molar-refractivity contribution in [2.75, 3.05) is 50.4 Å². The van der Waals surface area contributed by atoms with Gasteiger partial charge in [0.2, 0.25) is 5.91 Å². The molecular formula is C34H44N2O17S. The fourth-order valence-corrected chi connectivity index (χ4v) is 7.97. The molecule has 3 aliphatic heterocycles. The second-order valence-corrected chi connectivity index (χ2v) is 15.3. The number of ether oxygens (including phenoxy) is 5. The molecule has 2 saturated heterocycles. The molecule has 2 aromatic carbocycles. The number of imide groups is 1. The highest BCUT2D eigenvalue weighted by atomic mass is 32.2. The van der Waals surface area contributed by atoms with Gasteiger partial charge in [-0.2, -0.15) is 0 Å². The van der Waals surface area contributed by atoms with Crippen LogP contribution in [0.25, 0.3) is 0 Å². The third-order valence-electron chi connectivity index (χ3n) is 9.54. The number of fused-ring (bicyclic) bond motifs is 1. The van der Waals surface area contributed by atoms with Crippen LogP contribution in [-0.2, 0) is 28.8 Å². The number of hydrogen-bond donors (Lipinski definition) is 7. The van der Waals surface area contributed by atoms with Gasteiger partial charge in [-0.25, -0.2) is 8.42 Å². The molecule has 0 radical (unpaired) electrons. The van der Waals surface area contributed by atoms with Crippen molar-refractivity contribution in [3.63, 3.8) is 0 Å². The van der Waals surface area contributed by atoms with E-state index in [4.69, 9.17) is 23.7 Å². The van der Waals surface area contributed by atoms with Gasteiger partial charge in [0.05, 0.1) is 62.1 Å². The Kier molecular flexibility index (Phi) is 12.4. The molecule has 19 nitrogen and oxygen atoms in total. The SMILES string of the molecule is CCOc1cc([C@@H](CS(C)(=O)=O)N2C(=O)c3cccc(N(C(C)=O)C4(CO)O[C@H](CO)C(O[C@@H]5OC(CO)[C@H](O)[C@@H](O)C5O)[C@H]4O)c3C2=O)ccc1OC. The van der Waals surface area contributed by atoms with E-state index in [-0.39, 0.29) is 29.2 Å². The fourth-order valence-electron chi connectivity index (χ4n) is 7.05. The standard InChI is InChI=1S/C34H44N2O17S/c1-5-50-22-11-17(9-10-21(22)49-3)20(14-54(4,47)48)35-31(45)18-7-6-8-19(25(18)32(35)46)36(16(2)40)34(15-39)30(44)29(24(13-38)53-34)52-33-28(43)27(42)26(41)23(12-37)51-33/h6-11,20,23-24,26-30,33,37-39,41-44H,5,12-15H2,1-4H3/t20-,23?,24-,26+,27-,28?,29?,30-,33+,34?/m1/s1. The maximum atomic E-state index is 14.5. The summed E-state index contributed by atoms with van der Waals surface area (Å²) in [5.41, 5.74) is -3.35. The summed E-state index contributed by atoms with van der Waals surface area (Å²) in [4.78, 5) is 43.6. The Morgan fingerprint density at radius 2 is 1.67 bits per heavy atom. The molecule has 3 amide bonds. The fraction of sp³-hybridized carbons (Fsp3) is 0.559. The second kappa shape index (κ2) is 16.1. The van der Waals surface area contributed by atoms with E-state index in [0.29, 0.717) is 10.6 Å². The number of anilines is 1. The lowest BCUT2D eigenvalue weighted by atomic mass is 9.97. The minimum absolute atomic E-state index is 0.199. The molecule has 2 fully saturated rings. The molecule has 0 bridgehead atoms. The molecule has 0 aromatic heterocycles. The highest BCUT2D eigenvalue weighted by molar-refractivity contribution is 7.90. The van der Waals surface area contributed by atoms with Gasteiger partial charge in [-0.05, 0) is 36.8 Å². The van der Waals surface area contributed by atoms with Crippen molar-refractivity contribution < 1.29 is 82.2 Å². The highest BCUT2D eigenvalue weighted by Gasteiger charge is 2.62. The van der Waals surface area contributed by atoms with Crippen LogP contribution in [-0.4, -0.2) is 167 Å². The van der Waals surface area contributed by atoms with Crippen molar-refractivity contribution in [2.45, 2.75) is 74.6 Å². The zero-order chi connectivity index (χ0) is 39.9. The van der Waals surface area contributed by atoms with Crippen LogP contribution in [0.2, 0.25) is 0 Å². The Bertz CT molecular complexity index is 1840. The number of benzene rings is 2. The van der Waals surface area contributed by atoms with Crippen molar-refractivity contribution in [1.82, 2.24) is 4.90 Å². The normalized spacial score (nSPS) is 30.3. The number of carbonyl (C=O) groups is 3. The topological polar surface area (TPSA) is 280 Å². The number of aliphatic hydroxyl groups is 7. The maximum absolute atomic E-state index is 14.5. The number of nitrogens with zero attached hydrogens (tertiary/aromatic N) is 2. The summed E-state index contributed by atoms with van der Waals surface area (Å²) < 4.78 is 53.5. The van der Waals surface area contributed by atoms with E-state index < -0.39 is 119 Å². The number of carbonyl (C=O) groups excluding carboxylic acids is 3. The summed E-state index contributed by atoms with van der Waals surface area (Å²) in [7, 11) is -2.48. The van der Waals surface area contributed by atoms with E-state index in [1.54, 1.807) is 6.92 Å². The van der Waals surface area contributed by atoms with E-state index in [0.717, 1.165) is 18.1 Å². The summed E-state index contributed by atoms with van der Waals surface area (Å²) in [6, 6.07) is 6.80. The Labute approximate surface area is 309 Å². The number of aliphatic hydroxyl groups excluding tert-OH is 7. The van der Waals surface area contributed by atoms with Gasteiger partial charge in [0.1, 0.15) is 52.6 Å². The van der Waals surface area contributed by atoms with Crippen LogP contribution in [0.3, 0.4) is 0 Å². The zero-order valence-corrected chi connectivity index (χ0v) is 30.5. The highest BCUT2D eigenvalue weighted by Crippen LogP contribution is 2.45. The van der Waals surface area contributed by atoms with Crippen LogP contribution in [0.5, 0.6) is 11.5 Å². The van der Waals surface area contributed by atoms with Crippen molar-refractivity contribution in [3.05, 3.63) is 53.1 Å². The van der Waals surface area contributed by atoms with E-state index in [2.05, 4.69) is 0 Å². The van der Waals surface area contributed by atoms with E-state index in [1.165, 1.54) is 43.5 Å². The quantitative estimate of drug-likeness (QED) is 0.0972. The largest absolute Gasteiger partial charge is 0.493 e. The molecule has 0 aliphatic carbocycles. The molecule has 0 saturated carbocycles. The third-order valence-corrected chi connectivity index (χ3v) is 10.5. The van der Waals surface area contributed by atoms with Crippen molar-refractivity contribution in [2.24, 2.45) is 0 Å². The first-order chi connectivity index (χ1) is 25.5. The lowest BCUT2D eigenvalue weighted by molar-refractivity contribution is -0.318. The van der Waals surface area contributed by atoms with Crippen LogP contribution in [0.1, 0.15) is 46.2 Å². The van der Waals surface area contributed by atoms with Crippen molar-refractivity contribution in [1.29, 1.82) is 0 Å². The maximum Gasteiger partial charge on any atom is 0.264 e. The van der Waals surface area contributed by atoms with Crippen LogP contribution >= 0.6 is 0 Å². The van der Waals surface area contributed by atoms with Gasteiger partial charge >= 0.3 is 0 Å². The Morgan fingerprint density at radius 1 is 0.981 bits per heavy atom. The summed E-state index contributed by atoms with van der Waals surface area (Å²) in [6.45, 7) is 0.00502. The minimum atomic E-state index is -3.88. The van der Waals surface area contributed by atoms with Crippen LogP contribution in [0.4, 0.5) is 5.69 Å². The molecule has 4 unspecified atom stereocenters. The van der Waals surface area contributed by atoms with Gasteiger partial charge in [-0.15, -0.1) is 0 Å². The summed E-state index contributed by atoms with van der Waals surface area (Å²) in [5.74, 6) is -3.09. The lowest BCUT2D eigenvalue weighted by Crippen LogP contribution is -2.63. The Hall–Kier alpha value is -3.80. The number of rotatable bonds is 14. The van der Waals surface area contributed by atoms with E-state index in [1.807, 2.05) is 0 Å². The lowest BCUT2D eigenvalue weighted by Gasteiger charge is -2.42. The first kappa shape index (κ1) is 41.4. The van der Waals surface area contributed by atoms with Gasteiger partial charge in [0.15, 0.2) is 23.5 Å². The molecule has 54 heavy (non-hydrogen) atoms. The van der Waals surface area contributed by atoms with Crippen molar-refractivity contribution >= 4 is 33.2 Å².